The summed E-state index contributed by atoms with van der Waals surface area (Å²) >= 11 is 0. The van der Waals surface area contributed by atoms with Gasteiger partial charge >= 0.3 is 0 Å². The molecule has 0 aliphatic heterocycles. The number of hydrogen-bond donors (Lipinski definition) is 3. The Morgan fingerprint density at radius 2 is 2.05 bits per heavy atom. The number of nitrogens with two attached hydrogens (primary N) is 1. The third-order valence-electron chi connectivity index (χ3n) is 3.05. The van der Waals surface area contributed by atoms with Crippen LogP contribution in [-0.4, -0.2) is 29.6 Å². The molecule has 5 nitrogen and oxygen atoms in total. The molecule has 1 unspecified atom stereocenters. The van der Waals surface area contributed by atoms with Gasteiger partial charge in [-0.15, -0.1) is 0 Å². The Balaban J connectivity index is 3.03. The van der Waals surface area contributed by atoms with Crippen molar-refractivity contribution in [3.63, 3.8) is 0 Å². The van der Waals surface area contributed by atoms with Crippen LogP contribution in [0.5, 0.6) is 0 Å². The van der Waals surface area contributed by atoms with Crippen molar-refractivity contribution in [3.05, 3.63) is 34.9 Å². The second kappa shape index (κ2) is 7.46. The normalized spacial score (nSPS) is 11.5. The van der Waals surface area contributed by atoms with E-state index in [-0.39, 0.29) is 18.4 Å². The van der Waals surface area contributed by atoms with E-state index >= 15 is 0 Å². The number of carbonyl (C=O) groups excluding carboxylic acids is 2. The maximum atomic E-state index is 12.3. The summed E-state index contributed by atoms with van der Waals surface area (Å²) in [6.07, 6.45) is 0. The molecule has 1 atom stereocenters. The van der Waals surface area contributed by atoms with Crippen molar-refractivity contribution in [1.29, 1.82) is 0 Å². The highest BCUT2D eigenvalue weighted by atomic mass is 16.2. The predicted molar refractivity (Wildman–Crippen MR) is 80.4 cm³/mol. The van der Waals surface area contributed by atoms with E-state index in [1.54, 1.807) is 25.1 Å². The molecular weight excluding hydrogens is 268 g/mol. The molecule has 0 bridgehead atoms. The van der Waals surface area contributed by atoms with Gasteiger partial charge in [0.05, 0.1) is 0 Å². The minimum atomic E-state index is -0.718. The number of primary amides is 1. The maximum absolute atomic E-state index is 12.3. The molecule has 1 rings (SSSR count). The van der Waals surface area contributed by atoms with Gasteiger partial charge in [-0.3, -0.25) is 9.59 Å². The molecule has 0 aromatic heterocycles. The fraction of sp³-hybridized carbons (Fsp3) is 0.375. The second-order valence-electron chi connectivity index (χ2n) is 5.09. The average Bonchev–Trinajstić information content (AvgIpc) is 2.42. The van der Waals surface area contributed by atoms with Gasteiger partial charge in [0.2, 0.25) is 5.91 Å². The highest BCUT2D eigenvalue weighted by molar-refractivity contribution is 5.98. The number of hydrogen-bond acceptors (Lipinski definition) is 3. The second-order valence-corrected chi connectivity index (χ2v) is 5.09. The lowest BCUT2D eigenvalue weighted by atomic mass is 10.0. The van der Waals surface area contributed by atoms with Gasteiger partial charge in [0, 0.05) is 11.1 Å². The number of aliphatic hydroxyl groups is 1. The molecule has 5 heteroatoms. The topological polar surface area (TPSA) is 92.4 Å². The van der Waals surface area contributed by atoms with Crippen molar-refractivity contribution in [2.75, 3.05) is 6.61 Å². The fourth-order valence-corrected chi connectivity index (χ4v) is 1.87. The summed E-state index contributed by atoms with van der Waals surface area (Å²) in [5.41, 5.74) is 7.13. The molecule has 112 valence electrons. The van der Waals surface area contributed by atoms with Crippen LogP contribution in [-0.2, 0) is 4.79 Å². The maximum Gasteiger partial charge on any atom is 0.252 e. The minimum Gasteiger partial charge on any atom is -0.384 e. The molecule has 0 radical (unpaired) electrons. The molecule has 0 heterocycles. The summed E-state index contributed by atoms with van der Waals surface area (Å²) in [6, 6.07) is 4.45. The molecule has 0 saturated carbocycles. The van der Waals surface area contributed by atoms with Crippen molar-refractivity contribution in [1.82, 2.24) is 5.32 Å². The van der Waals surface area contributed by atoms with E-state index in [9.17, 15) is 9.59 Å². The number of benzene rings is 1. The molecule has 4 N–H and O–H groups in total. The number of aryl methyl sites for hydroxylation is 1. The van der Waals surface area contributed by atoms with Gasteiger partial charge in [-0.2, -0.15) is 0 Å². The van der Waals surface area contributed by atoms with Crippen LogP contribution in [0.25, 0.3) is 0 Å². The van der Waals surface area contributed by atoms with E-state index in [4.69, 9.17) is 10.8 Å². The quantitative estimate of drug-likeness (QED) is 0.708. The van der Waals surface area contributed by atoms with Crippen LogP contribution in [0, 0.1) is 24.7 Å². The summed E-state index contributed by atoms with van der Waals surface area (Å²) < 4.78 is 0. The van der Waals surface area contributed by atoms with Crippen molar-refractivity contribution in [3.8, 4) is 11.8 Å². The number of carbonyl (C=O) groups is 2. The summed E-state index contributed by atoms with van der Waals surface area (Å²) in [5.74, 6) is 4.25. The molecule has 1 aromatic rings. The monoisotopic (exact) mass is 288 g/mol. The van der Waals surface area contributed by atoms with Crippen LogP contribution >= 0.6 is 0 Å². The zero-order valence-electron chi connectivity index (χ0n) is 12.4. The van der Waals surface area contributed by atoms with Crippen LogP contribution in [0.4, 0.5) is 0 Å². The lowest BCUT2D eigenvalue weighted by molar-refractivity contribution is -0.120. The van der Waals surface area contributed by atoms with Crippen LogP contribution in [0.2, 0.25) is 0 Å². The van der Waals surface area contributed by atoms with E-state index in [1.165, 1.54) is 0 Å². The highest BCUT2D eigenvalue weighted by Crippen LogP contribution is 2.12. The van der Waals surface area contributed by atoms with Crippen LogP contribution < -0.4 is 11.1 Å². The van der Waals surface area contributed by atoms with E-state index in [0.29, 0.717) is 11.1 Å². The van der Waals surface area contributed by atoms with Gasteiger partial charge in [0.25, 0.3) is 5.91 Å². The first kappa shape index (κ1) is 16.7. The molecule has 0 saturated heterocycles. The SMILES string of the molecule is Cc1ccc(C#CCO)cc1C(=O)NC(C(N)=O)C(C)C. The summed E-state index contributed by atoms with van der Waals surface area (Å²) in [5, 5.41) is 11.3. The highest BCUT2D eigenvalue weighted by Gasteiger charge is 2.22. The van der Waals surface area contributed by atoms with Crippen molar-refractivity contribution in [2.45, 2.75) is 26.8 Å². The first-order valence-electron chi connectivity index (χ1n) is 6.67. The predicted octanol–water partition coefficient (Wildman–Crippen LogP) is 0.579. The van der Waals surface area contributed by atoms with E-state index in [1.807, 2.05) is 13.8 Å². The smallest absolute Gasteiger partial charge is 0.252 e. The van der Waals surface area contributed by atoms with Gasteiger partial charge < -0.3 is 16.2 Å². The number of amides is 2. The van der Waals surface area contributed by atoms with Crippen LogP contribution in [0.15, 0.2) is 18.2 Å². The molecule has 0 fully saturated rings. The molecule has 0 aliphatic rings. The zero-order valence-corrected chi connectivity index (χ0v) is 12.4. The van der Waals surface area contributed by atoms with Crippen molar-refractivity contribution in [2.24, 2.45) is 11.7 Å². The molecule has 21 heavy (non-hydrogen) atoms. The lowest BCUT2D eigenvalue weighted by Crippen LogP contribution is -2.47. The fourth-order valence-electron chi connectivity index (χ4n) is 1.87. The molecule has 0 aliphatic carbocycles. The lowest BCUT2D eigenvalue weighted by Gasteiger charge is -2.19. The molecular formula is C16H20N2O3. The van der Waals surface area contributed by atoms with Gasteiger partial charge in [-0.1, -0.05) is 31.8 Å². The Labute approximate surface area is 124 Å². The molecule has 1 aromatic carbocycles. The summed E-state index contributed by atoms with van der Waals surface area (Å²) in [4.78, 5) is 23.7. The average molecular weight is 288 g/mol. The minimum absolute atomic E-state index is 0.0934. The summed E-state index contributed by atoms with van der Waals surface area (Å²) in [6.45, 7) is 5.18. The Bertz CT molecular complexity index is 597. The van der Waals surface area contributed by atoms with Crippen LogP contribution in [0.1, 0.15) is 35.3 Å². The third kappa shape index (κ3) is 4.62. The van der Waals surface area contributed by atoms with Crippen molar-refractivity contribution >= 4 is 11.8 Å². The van der Waals surface area contributed by atoms with Crippen molar-refractivity contribution < 1.29 is 14.7 Å². The Morgan fingerprint density at radius 1 is 1.38 bits per heavy atom. The molecule has 0 spiro atoms. The first-order chi connectivity index (χ1) is 9.86. The number of rotatable bonds is 4. The number of aliphatic hydroxyl groups excluding tert-OH is 1. The standard InChI is InChI=1S/C16H20N2O3/c1-10(2)14(15(17)20)18-16(21)13-9-12(5-4-8-19)7-6-11(13)3/h6-7,9-10,14,19H,8H2,1-3H3,(H2,17,20)(H,18,21). The Kier molecular flexibility index (Phi) is 5.94. The Morgan fingerprint density at radius 3 is 2.57 bits per heavy atom. The van der Waals surface area contributed by atoms with E-state index in [2.05, 4.69) is 17.2 Å². The van der Waals surface area contributed by atoms with E-state index < -0.39 is 11.9 Å². The largest absolute Gasteiger partial charge is 0.384 e. The van der Waals surface area contributed by atoms with Gasteiger partial charge in [0.1, 0.15) is 12.6 Å². The van der Waals surface area contributed by atoms with Gasteiger partial charge in [-0.25, -0.2) is 0 Å². The Hall–Kier alpha value is -2.32. The third-order valence-corrected chi connectivity index (χ3v) is 3.05. The van der Waals surface area contributed by atoms with Crippen LogP contribution in [0.3, 0.4) is 0 Å². The zero-order chi connectivity index (χ0) is 16.0. The van der Waals surface area contributed by atoms with E-state index in [0.717, 1.165) is 5.56 Å². The molecule has 2 amide bonds. The first-order valence-corrected chi connectivity index (χ1v) is 6.67. The summed E-state index contributed by atoms with van der Waals surface area (Å²) in [7, 11) is 0. The number of nitrogens with one attached hydrogen (secondary N) is 1. The van der Waals surface area contributed by atoms with Gasteiger partial charge in [0.15, 0.2) is 0 Å². The van der Waals surface area contributed by atoms with Gasteiger partial charge in [-0.05, 0) is 30.5 Å².